The second kappa shape index (κ2) is 3.85. The van der Waals surface area contributed by atoms with E-state index in [1.54, 1.807) is 0 Å². The molecule has 14 heavy (non-hydrogen) atoms. The van der Waals surface area contributed by atoms with Crippen LogP contribution in [0.4, 0.5) is 8.78 Å². The second-order valence-corrected chi connectivity index (χ2v) is 2.76. The molecule has 1 aromatic rings. The summed E-state index contributed by atoms with van der Waals surface area (Å²) in [5, 5.41) is 17.2. The maximum atomic E-state index is 13.1. The number of halogens is 2. The summed E-state index contributed by atoms with van der Waals surface area (Å²) in [6.07, 6.45) is 0. The van der Waals surface area contributed by atoms with Crippen LogP contribution >= 0.6 is 0 Å². The van der Waals surface area contributed by atoms with E-state index in [0.717, 1.165) is 19.1 Å². The molecule has 1 aromatic carbocycles. The van der Waals surface area contributed by atoms with Crippen molar-refractivity contribution in [1.29, 1.82) is 0 Å². The van der Waals surface area contributed by atoms with Crippen molar-refractivity contribution >= 4 is 18.4 Å². The van der Waals surface area contributed by atoms with Gasteiger partial charge >= 0.3 is 7.12 Å². The number of Topliss-reactive ketones (excluding diaryl/α,β-unsaturated/α-hetero) is 1. The van der Waals surface area contributed by atoms with Crippen LogP contribution in [0.2, 0.25) is 0 Å². The van der Waals surface area contributed by atoms with Crippen LogP contribution in [-0.2, 0) is 0 Å². The van der Waals surface area contributed by atoms with E-state index in [-0.39, 0.29) is 0 Å². The van der Waals surface area contributed by atoms with Crippen molar-refractivity contribution in [3.63, 3.8) is 0 Å². The Morgan fingerprint density at radius 2 is 1.86 bits per heavy atom. The van der Waals surface area contributed by atoms with E-state index in [9.17, 15) is 13.6 Å². The van der Waals surface area contributed by atoms with Crippen molar-refractivity contribution in [3.8, 4) is 0 Å². The summed E-state index contributed by atoms with van der Waals surface area (Å²) in [5.41, 5.74) is -1.00. The number of rotatable bonds is 2. The molecule has 0 aliphatic heterocycles. The Hall–Kier alpha value is -1.27. The first-order valence-electron chi connectivity index (χ1n) is 3.80. The van der Waals surface area contributed by atoms with Gasteiger partial charge in [0.15, 0.2) is 17.4 Å². The van der Waals surface area contributed by atoms with Gasteiger partial charge in [-0.3, -0.25) is 4.79 Å². The smallest absolute Gasteiger partial charge is 0.423 e. The van der Waals surface area contributed by atoms with Crippen LogP contribution in [0.25, 0.3) is 0 Å². The average Bonchev–Trinajstić information content (AvgIpc) is 2.08. The third-order valence-corrected chi connectivity index (χ3v) is 1.77. The van der Waals surface area contributed by atoms with Crippen LogP contribution in [0.15, 0.2) is 12.1 Å². The lowest BCUT2D eigenvalue weighted by Gasteiger charge is -2.05. The fraction of sp³-hybridized carbons (Fsp3) is 0.125. The van der Waals surface area contributed by atoms with Crippen LogP contribution in [-0.4, -0.2) is 22.9 Å². The molecule has 0 bridgehead atoms. The minimum Gasteiger partial charge on any atom is -0.423 e. The zero-order valence-electron chi connectivity index (χ0n) is 7.29. The summed E-state index contributed by atoms with van der Waals surface area (Å²) in [5.74, 6) is -3.39. The molecule has 0 amide bonds. The minimum absolute atomic E-state index is 0.410. The van der Waals surface area contributed by atoms with Crippen molar-refractivity contribution in [1.82, 2.24) is 0 Å². The van der Waals surface area contributed by atoms with Crippen LogP contribution in [0.3, 0.4) is 0 Å². The summed E-state index contributed by atoms with van der Waals surface area (Å²) in [6, 6.07) is 1.97. The quantitative estimate of drug-likeness (QED) is 0.515. The number of hydrogen-bond donors (Lipinski definition) is 2. The van der Waals surface area contributed by atoms with Gasteiger partial charge in [0, 0.05) is 5.46 Å². The van der Waals surface area contributed by atoms with E-state index in [0.29, 0.717) is 0 Å². The summed E-state index contributed by atoms with van der Waals surface area (Å²) in [7, 11) is -2.09. The number of carbonyl (C=O) groups excluding carboxylic acids is 1. The average molecular weight is 200 g/mol. The van der Waals surface area contributed by atoms with Gasteiger partial charge in [0.2, 0.25) is 0 Å². The molecular formula is C8H7BF2O3. The Morgan fingerprint density at radius 1 is 1.29 bits per heavy atom. The van der Waals surface area contributed by atoms with E-state index >= 15 is 0 Å². The predicted molar refractivity (Wildman–Crippen MR) is 46.2 cm³/mol. The van der Waals surface area contributed by atoms with Crippen molar-refractivity contribution in [2.75, 3.05) is 0 Å². The molecule has 0 atom stereocenters. The molecule has 0 saturated heterocycles. The van der Waals surface area contributed by atoms with Crippen LogP contribution < -0.4 is 5.46 Å². The molecule has 0 saturated carbocycles. The number of carbonyl (C=O) groups is 1. The highest BCUT2D eigenvalue weighted by Crippen LogP contribution is 2.10. The van der Waals surface area contributed by atoms with E-state index < -0.39 is 35.6 Å². The minimum atomic E-state index is -2.09. The SMILES string of the molecule is CC(=O)c1ccc(B(O)O)c(F)c1F. The fourth-order valence-corrected chi connectivity index (χ4v) is 1.04. The van der Waals surface area contributed by atoms with Gasteiger partial charge in [-0.1, -0.05) is 6.07 Å². The van der Waals surface area contributed by atoms with Crippen molar-refractivity contribution < 1.29 is 23.6 Å². The molecule has 2 N–H and O–H groups in total. The molecule has 0 unspecified atom stereocenters. The normalized spacial score (nSPS) is 10.1. The van der Waals surface area contributed by atoms with Gasteiger partial charge in [-0.25, -0.2) is 8.78 Å². The van der Waals surface area contributed by atoms with Gasteiger partial charge in [0.25, 0.3) is 0 Å². The first-order valence-corrected chi connectivity index (χ1v) is 3.80. The number of ketones is 1. The van der Waals surface area contributed by atoms with Crippen molar-refractivity contribution in [2.24, 2.45) is 0 Å². The Balaban J connectivity index is 3.33. The summed E-state index contributed by atoms with van der Waals surface area (Å²) in [6.45, 7) is 1.09. The Kier molecular flexibility index (Phi) is 2.98. The van der Waals surface area contributed by atoms with Gasteiger partial charge in [-0.05, 0) is 13.0 Å². The Labute approximate surface area is 79.1 Å². The molecule has 6 heteroatoms. The standard InChI is InChI=1S/C8H7BF2O3/c1-4(12)5-2-3-6(9(13)14)8(11)7(5)10/h2-3,13-14H,1H3. The van der Waals surface area contributed by atoms with Gasteiger partial charge in [-0.2, -0.15) is 0 Å². The first-order chi connectivity index (χ1) is 6.45. The zero-order valence-corrected chi connectivity index (χ0v) is 7.29. The van der Waals surface area contributed by atoms with E-state index in [4.69, 9.17) is 10.0 Å². The third kappa shape index (κ3) is 1.81. The lowest BCUT2D eigenvalue weighted by Crippen LogP contribution is -2.34. The maximum absolute atomic E-state index is 13.1. The van der Waals surface area contributed by atoms with E-state index in [2.05, 4.69) is 0 Å². The monoisotopic (exact) mass is 200 g/mol. The van der Waals surface area contributed by atoms with E-state index in [1.165, 1.54) is 0 Å². The molecule has 74 valence electrons. The molecule has 0 spiro atoms. The molecule has 0 radical (unpaired) electrons. The van der Waals surface area contributed by atoms with E-state index in [1.807, 2.05) is 0 Å². The molecular weight excluding hydrogens is 193 g/mol. The lowest BCUT2D eigenvalue weighted by atomic mass is 9.79. The Bertz CT molecular complexity index is 379. The van der Waals surface area contributed by atoms with Crippen molar-refractivity contribution in [3.05, 3.63) is 29.3 Å². The van der Waals surface area contributed by atoms with Crippen LogP contribution in [0.1, 0.15) is 17.3 Å². The second-order valence-electron chi connectivity index (χ2n) is 2.76. The number of benzene rings is 1. The summed E-state index contributed by atoms with van der Waals surface area (Å²) in [4.78, 5) is 10.8. The highest BCUT2D eigenvalue weighted by Gasteiger charge is 2.22. The highest BCUT2D eigenvalue weighted by molar-refractivity contribution is 6.58. The zero-order chi connectivity index (χ0) is 10.9. The summed E-state index contributed by atoms with van der Waals surface area (Å²) >= 11 is 0. The van der Waals surface area contributed by atoms with Crippen molar-refractivity contribution in [2.45, 2.75) is 6.92 Å². The van der Waals surface area contributed by atoms with Crippen LogP contribution in [0, 0.1) is 11.6 Å². The van der Waals surface area contributed by atoms with Gasteiger partial charge in [0.05, 0.1) is 5.56 Å². The molecule has 1 rings (SSSR count). The third-order valence-electron chi connectivity index (χ3n) is 1.77. The van der Waals surface area contributed by atoms with Gasteiger partial charge in [0.1, 0.15) is 0 Å². The van der Waals surface area contributed by atoms with Crippen LogP contribution in [0.5, 0.6) is 0 Å². The molecule has 0 fully saturated rings. The molecule has 0 heterocycles. The lowest BCUT2D eigenvalue weighted by molar-refractivity contribution is 0.101. The molecule has 0 aliphatic carbocycles. The highest BCUT2D eigenvalue weighted by atomic mass is 19.2. The largest absolute Gasteiger partial charge is 0.491 e. The molecule has 3 nitrogen and oxygen atoms in total. The fourth-order valence-electron chi connectivity index (χ4n) is 1.04. The predicted octanol–water partition coefficient (Wildman–Crippen LogP) is -0.153. The molecule has 0 aromatic heterocycles. The maximum Gasteiger partial charge on any atom is 0.491 e. The molecule has 0 aliphatic rings. The summed E-state index contributed by atoms with van der Waals surface area (Å²) < 4.78 is 26.1. The first kappa shape index (κ1) is 10.8. The van der Waals surface area contributed by atoms with Gasteiger partial charge in [-0.15, -0.1) is 0 Å². The Morgan fingerprint density at radius 3 is 2.29 bits per heavy atom. The number of hydrogen-bond acceptors (Lipinski definition) is 3. The van der Waals surface area contributed by atoms with Gasteiger partial charge < -0.3 is 10.0 Å². The topological polar surface area (TPSA) is 57.5 Å².